The predicted molar refractivity (Wildman–Crippen MR) is 115 cm³/mol. The van der Waals surface area contributed by atoms with Crippen molar-refractivity contribution in [3.05, 3.63) is 59.9 Å². The summed E-state index contributed by atoms with van der Waals surface area (Å²) in [6.07, 6.45) is -0.719. The molecule has 0 radical (unpaired) electrons. The average molecular weight is 416 g/mol. The highest BCUT2D eigenvalue weighted by Crippen LogP contribution is 2.16. The van der Waals surface area contributed by atoms with Gasteiger partial charge < -0.3 is 15.2 Å². The number of hydrogen-bond acceptors (Lipinski definition) is 5. The second-order valence-electron chi connectivity index (χ2n) is 7.89. The number of nitrogens with zero attached hydrogens (tertiary/aromatic N) is 2. The van der Waals surface area contributed by atoms with Crippen molar-refractivity contribution >= 4 is 11.6 Å². The number of halogens is 1. The first-order chi connectivity index (χ1) is 14.4. The number of anilines is 1. The first-order valence-electron chi connectivity index (χ1n) is 10.3. The lowest BCUT2D eigenvalue weighted by molar-refractivity contribution is -0.118. The summed E-state index contributed by atoms with van der Waals surface area (Å²) in [7, 11) is 0. The van der Waals surface area contributed by atoms with Crippen LogP contribution in [0.3, 0.4) is 0 Å². The Balaban J connectivity index is 1.41. The lowest BCUT2D eigenvalue weighted by Gasteiger charge is -2.40. The molecule has 1 heterocycles. The van der Waals surface area contributed by atoms with Crippen molar-refractivity contribution in [3.8, 4) is 5.75 Å². The van der Waals surface area contributed by atoms with Crippen LogP contribution in [0.15, 0.2) is 48.5 Å². The summed E-state index contributed by atoms with van der Waals surface area (Å²) < 4.78 is 19.0. The number of nitrogens with one attached hydrogen (secondary N) is 1. The summed E-state index contributed by atoms with van der Waals surface area (Å²) in [6, 6.07) is 14.1. The monoisotopic (exact) mass is 415 g/mol. The molecular weight excluding hydrogens is 385 g/mol. The molecule has 1 fully saturated rings. The first-order valence-corrected chi connectivity index (χ1v) is 10.3. The number of aliphatic hydroxyl groups excluding tert-OH is 1. The lowest BCUT2D eigenvalue weighted by Crippen LogP contribution is -2.55. The van der Waals surface area contributed by atoms with E-state index in [0.717, 1.165) is 30.9 Å². The third kappa shape index (κ3) is 6.52. The molecule has 0 spiro atoms. The highest BCUT2D eigenvalue weighted by atomic mass is 19.1. The number of hydrogen-bond donors (Lipinski definition) is 2. The summed E-state index contributed by atoms with van der Waals surface area (Å²) in [5.41, 5.74) is 1.91. The van der Waals surface area contributed by atoms with Crippen LogP contribution in [-0.2, 0) is 4.79 Å². The topological polar surface area (TPSA) is 65.0 Å². The van der Waals surface area contributed by atoms with Gasteiger partial charge in [-0.2, -0.15) is 0 Å². The van der Waals surface area contributed by atoms with Crippen LogP contribution in [0.1, 0.15) is 12.5 Å². The number of carbonyl (C=O) groups is 1. The molecule has 2 N–H and O–H groups in total. The van der Waals surface area contributed by atoms with Crippen molar-refractivity contribution < 1.29 is 19.0 Å². The molecule has 162 valence electrons. The molecule has 30 heavy (non-hydrogen) atoms. The number of amides is 1. The molecule has 3 rings (SSSR count). The fourth-order valence-corrected chi connectivity index (χ4v) is 3.68. The zero-order chi connectivity index (χ0) is 21.5. The van der Waals surface area contributed by atoms with E-state index in [2.05, 4.69) is 22.0 Å². The van der Waals surface area contributed by atoms with Gasteiger partial charge in [0.25, 0.3) is 0 Å². The molecular formula is C23H30FN3O3. The molecule has 0 bridgehead atoms. The Morgan fingerprint density at radius 1 is 1.27 bits per heavy atom. The largest absolute Gasteiger partial charge is 0.488 e. The molecule has 2 aromatic carbocycles. The van der Waals surface area contributed by atoms with E-state index < -0.39 is 11.9 Å². The van der Waals surface area contributed by atoms with E-state index in [1.165, 1.54) is 6.07 Å². The average Bonchev–Trinajstić information content (AvgIpc) is 2.69. The minimum Gasteiger partial charge on any atom is -0.488 e. The maximum atomic E-state index is 13.6. The van der Waals surface area contributed by atoms with Crippen LogP contribution in [-0.4, -0.2) is 72.3 Å². The van der Waals surface area contributed by atoms with Gasteiger partial charge in [-0.15, -0.1) is 0 Å². The lowest BCUT2D eigenvalue weighted by atomic mass is 10.1. The van der Waals surface area contributed by atoms with E-state index in [0.29, 0.717) is 13.1 Å². The van der Waals surface area contributed by atoms with Crippen LogP contribution >= 0.6 is 0 Å². The number of aliphatic hydroxyl groups is 1. The van der Waals surface area contributed by atoms with E-state index >= 15 is 0 Å². The molecule has 2 atom stereocenters. The summed E-state index contributed by atoms with van der Waals surface area (Å²) in [6.45, 7) is 7.11. The third-order valence-electron chi connectivity index (χ3n) is 5.23. The van der Waals surface area contributed by atoms with E-state index in [1.54, 1.807) is 18.2 Å². The fourth-order valence-electron chi connectivity index (χ4n) is 3.68. The van der Waals surface area contributed by atoms with Crippen molar-refractivity contribution in [1.82, 2.24) is 9.80 Å². The molecule has 1 saturated heterocycles. The Morgan fingerprint density at radius 3 is 2.80 bits per heavy atom. The normalized spacial score (nSPS) is 18.7. The SMILES string of the molecule is Cc1cccc(NC(=O)CN2CCN(C[C@@H](O)COc3ccccc3F)[C@@H](C)C2)c1. The smallest absolute Gasteiger partial charge is 0.238 e. The Morgan fingerprint density at radius 2 is 2.07 bits per heavy atom. The molecule has 0 saturated carbocycles. The van der Waals surface area contributed by atoms with Crippen LogP contribution in [0, 0.1) is 12.7 Å². The fraction of sp³-hybridized carbons (Fsp3) is 0.435. The number of piperazine rings is 1. The minimum atomic E-state index is -0.719. The van der Waals surface area contributed by atoms with Crippen molar-refractivity contribution in [3.63, 3.8) is 0 Å². The minimum absolute atomic E-state index is 0.0282. The Bertz CT molecular complexity index is 848. The second kappa shape index (κ2) is 10.5. The number of para-hydroxylation sites is 1. The Kier molecular flexibility index (Phi) is 7.79. The summed E-state index contributed by atoms with van der Waals surface area (Å²) >= 11 is 0. The molecule has 7 heteroatoms. The second-order valence-corrected chi connectivity index (χ2v) is 7.89. The molecule has 0 aromatic heterocycles. The highest BCUT2D eigenvalue weighted by molar-refractivity contribution is 5.92. The van der Waals surface area contributed by atoms with Gasteiger partial charge in [0.15, 0.2) is 11.6 Å². The maximum absolute atomic E-state index is 13.6. The predicted octanol–water partition coefficient (Wildman–Crippen LogP) is 2.52. The zero-order valence-corrected chi connectivity index (χ0v) is 17.6. The molecule has 0 aliphatic carbocycles. The van der Waals surface area contributed by atoms with Crippen molar-refractivity contribution in [2.75, 3.05) is 44.6 Å². The van der Waals surface area contributed by atoms with Gasteiger partial charge in [-0.3, -0.25) is 14.6 Å². The van der Waals surface area contributed by atoms with E-state index in [1.807, 2.05) is 31.2 Å². The van der Waals surface area contributed by atoms with Crippen LogP contribution in [0.5, 0.6) is 5.75 Å². The van der Waals surface area contributed by atoms with Crippen molar-refractivity contribution in [2.24, 2.45) is 0 Å². The molecule has 2 aromatic rings. The van der Waals surface area contributed by atoms with Gasteiger partial charge in [0.1, 0.15) is 12.7 Å². The Labute approximate surface area is 177 Å². The summed E-state index contributed by atoms with van der Waals surface area (Å²) in [5, 5.41) is 13.2. The molecule has 1 amide bonds. The zero-order valence-electron chi connectivity index (χ0n) is 17.6. The van der Waals surface area contributed by atoms with Gasteiger partial charge >= 0.3 is 0 Å². The maximum Gasteiger partial charge on any atom is 0.238 e. The van der Waals surface area contributed by atoms with Gasteiger partial charge in [-0.25, -0.2) is 4.39 Å². The summed E-state index contributed by atoms with van der Waals surface area (Å²) in [5.74, 6) is -0.316. The number of ether oxygens (including phenoxy) is 1. The van der Waals surface area contributed by atoms with Crippen molar-refractivity contribution in [1.29, 1.82) is 0 Å². The number of rotatable bonds is 8. The van der Waals surface area contributed by atoms with E-state index in [9.17, 15) is 14.3 Å². The third-order valence-corrected chi connectivity index (χ3v) is 5.23. The number of carbonyl (C=O) groups excluding carboxylic acids is 1. The molecule has 6 nitrogen and oxygen atoms in total. The highest BCUT2D eigenvalue weighted by Gasteiger charge is 2.26. The van der Waals surface area contributed by atoms with Gasteiger partial charge in [0.2, 0.25) is 5.91 Å². The van der Waals surface area contributed by atoms with Crippen LogP contribution in [0.2, 0.25) is 0 Å². The van der Waals surface area contributed by atoms with Crippen LogP contribution < -0.4 is 10.1 Å². The molecule has 0 unspecified atom stereocenters. The van der Waals surface area contributed by atoms with Gasteiger partial charge in [0, 0.05) is 37.9 Å². The van der Waals surface area contributed by atoms with Gasteiger partial charge in [-0.1, -0.05) is 24.3 Å². The number of β-amino-alcohol motifs (C(OH)–C–C–N with tert-alkyl or cyclic N) is 1. The molecule has 1 aliphatic rings. The van der Waals surface area contributed by atoms with Crippen LogP contribution in [0.4, 0.5) is 10.1 Å². The van der Waals surface area contributed by atoms with E-state index in [4.69, 9.17) is 4.74 Å². The van der Waals surface area contributed by atoms with Crippen molar-refractivity contribution in [2.45, 2.75) is 26.0 Å². The quantitative estimate of drug-likeness (QED) is 0.694. The summed E-state index contributed by atoms with van der Waals surface area (Å²) in [4.78, 5) is 16.6. The number of aryl methyl sites for hydroxylation is 1. The first kappa shape index (κ1) is 22.2. The Hall–Kier alpha value is -2.48. The van der Waals surface area contributed by atoms with Crippen LogP contribution in [0.25, 0.3) is 0 Å². The van der Waals surface area contributed by atoms with E-state index in [-0.39, 0.29) is 24.3 Å². The van der Waals surface area contributed by atoms with Gasteiger partial charge in [-0.05, 0) is 43.7 Å². The number of benzene rings is 2. The molecule has 1 aliphatic heterocycles. The van der Waals surface area contributed by atoms with Gasteiger partial charge in [0.05, 0.1) is 6.54 Å². The standard InChI is InChI=1S/C23H30FN3O3/c1-17-6-5-7-19(12-17)25-23(29)15-26-10-11-27(18(2)13-26)14-20(28)16-30-22-9-4-3-8-21(22)24/h3-9,12,18,20,28H,10-11,13-16H2,1-2H3,(H,25,29)/t18-,20+/m0/s1.